The Balaban J connectivity index is 1.20. The standard InChI is InChI=1S/2C27H27.C4H8F3Si.2ClH.Zr/c2*1-2-4-9-20(8-3-1)16-21-17-24-12-7-13-26(27(24)18-21)25-15-14-22-10-5-6-11-23(22)19-25;1-8-3-2-4(5,6)7;;;/h2*5-7,10-15,17-20H,1-4,8-9,16H2;8H,2-3H2,1H3;2*1H;/q;;;;;+2/p-2. The topological polar surface area (TPSA) is 0 Å². The molecule has 6 aromatic rings. The number of halogens is 5. The molecule has 0 aromatic heterocycles. The van der Waals surface area contributed by atoms with Crippen LogP contribution in [0.1, 0.15) is 126 Å². The van der Waals surface area contributed by atoms with Crippen molar-refractivity contribution in [2.45, 2.75) is 122 Å². The SMILES string of the molecule is C[SiH](CCC(F)(F)F)[Zr]([Cl])([Cl])([CH]1C(CC2CCCCCC2)=Cc2c(-c3ccc4ccccc4c3)cccc21)[CH]1C(CC2CCCCCC2)=Cc2c(-c3ccc4ccccc4c3)cccc21. The quantitative estimate of drug-likeness (QED) is 0.0896. The number of rotatable bonds is 11. The maximum atomic E-state index is 14.6. The van der Waals surface area contributed by atoms with Gasteiger partial charge in [0.05, 0.1) is 0 Å². The van der Waals surface area contributed by atoms with Crippen LogP contribution in [0.2, 0.25) is 12.6 Å². The molecule has 0 amide bonds. The number of alkyl halides is 3. The number of fused-ring (bicyclic) bond motifs is 4. The van der Waals surface area contributed by atoms with Crippen molar-refractivity contribution in [3.05, 3.63) is 155 Å². The molecular formula is C58H62Cl2F3SiZr. The summed E-state index contributed by atoms with van der Waals surface area (Å²) < 4.78 is 43.4. The van der Waals surface area contributed by atoms with E-state index < -0.39 is 34.1 Å². The van der Waals surface area contributed by atoms with E-state index in [2.05, 4.69) is 140 Å². The number of hydrogen-bond acceptors (Lipinski definition) is 0. The van der Waals surface area contributed by atoms with Crippen molar-refractivity contribution in [1.82, 2.24) is 0 Å². The van der Waals surface area contributed by atoms with Crippen molar-refractivity contribution < 1.29 is 28.7 Å². The second-order valence-electron chi connectivity index (χ2n) is 20.4. The molecule has 10 rings (SSSR count). The molecule has 4 aliphatic carbocycles. The zero-order valence-corrected chi connectivity index (χ0v) is 42.9. The van der Waals surface area contributed by atoms with Gasteiger partial charge in [0.15, 0.2) is 0 Å². The van der Waals surface area contributed by atoms with E-state index >= 15 is 0 Å². The molecule has 4 aliphatic rings. The summed E-state index contributed by atoms with van der Waals surface area (Å²) in [5, 5.41) is 4.77. The van der Waals surface area contributed by atoms with Gasteiger partial charge in [-0.1, -0.05) is 0 Å². The van der Waals surface area contributed by atoms with Crippen LogP contribution >= 0.6 is 17.0 Å². The summed E-state index contributed by atoms with van der Waals surface area (Å²) in [6.07, 6.45) is 16.2. The van der Waals surface area contributed by atoms with Gasteiger partial charge in [0, 0.05) is 0 Å². The maximum absolute atomic E-state index is 14.6. The first-order valence-corrected chi connectivity index (χ1v) is 40.7. The fraction of sp³-hybridized carbons (Fsp3) is 0.379. The summed E-state index contributed by atoms with van der Waals surface area (Å²) in [6, 6.07) is 43.9. The third-order valence-electron chi connectivity index (χ3n) is 16.3. The summed E-state index contributed by atoms with van der Waals surface area (Å²) in [5.41, 5.74) is 11.9. The molecule has 65 heavy (non-hydrogen) atoms. The monoisotopic (exact) mass is 1000 g/mol. The second kappa shape index (κ2) is 18.7. The molecule has 2 saturated carbocycles. The zero-order chi connectivity index (χ0) is 44.8. The molecule has 0 aliphatic heterocycles. The van der Waals surface area contributed by atoms with Crippen LogP contribution in [0.15, 0.2) is 132 Å². The normalized spacial score (nSPS) is 20.9. The fourth-order valence-corrected chi connectivity index (χ4v) is 53.0. The summed E-state index contributed by atoms with van der Waals surface area (Å²) >= 11 is -5.76. The Kier molecular flexibility index (Phi) is 13.1. The van der Waals surface area contributed by atoms with Crippen molar-refractivity contribution in [2.75, 3.05) is 0 Å². The van der Waals surface area contributed by atoms with Crippen LogP contribution in [0.4, 0.5) is 13.2 Å². The molecule has 6 aromatic carbocycles. The van der Waals surface area contributed by atoms with Crippen molar-refractivity contribution in [1.29, 1.82) is 0 Å². The number of hydrogen-bond donors (Lipinski definition) is 0. The molecule has 3 unspecified atom stereocenters. The van der Waals surface area contributed by atoms with Gasteiger partial charge in [-0.15, -0.1) is 0 Å². The van der Waals surface area contributed by atoms with Crippen LogP contribution in [-0.2, 0) is 15.6 Å². The molecule has 0 heterocycles. The Morgan fingerprint density at radius 3 is 1.35 bits per heavy atom. The molecule has 0 spiro atoms. The first-order chi connectivity index (χ1) is 31.4. The van der Waals surface area contributed by atoms with E-state index in [9.17, 15) is 30.2 Å². The first kappa shape index (κ1) is 45.6. The third kappa shape index (κ3) is 9.00. The Hall–Kier alpha value is -3.21. The van der Waals surface area contributed by atoms with Gasteiger partial charge in [-0.2, -0.15) is 0 Å². The minimum atomic E-state index is -5.76. The fourth-order valence-electron chi connectivity index (χ4n) is 13.0. The summed E-state index contributed by atoms with van der Waals surface area (Å²) in [4.78, 5) is 0. The second-order valence-corrected chi connectivity index (χ2v) is 61.8. The number of allylic oxidation sites excluding steroid dienone is 2. The zero-order valence-electron chi connectivity index (χ0n) is 37.8. The Morgan fingerprint density at radius 1 is 0.523 bits per heavy atom. The molecule has 2 fully saturated rings. The van der Waals surface area contributed by atoms with E-state index in [1.807, 2.05) is 0 Å². The van der Waals surface area contributed by atoms with E-state index in [0.29, 0.717) is 11.8 Å². The molecule has 0 radical (unpaired) electrons. The van der Waals surface area contributed by atoms with Crippen molar-refractivity contribution in [3.63, 3.8) is 0 Å². The first-order valence-electron chi connectivity index (χ1n) is 24.7. The number of benzene rings is 6. The van der Waals surface area contributed by atoms with Crippen LogP contribution in [0.5, 0.6) is 0 Å². The van der Waals surface area contributed by atoms with Gasteiger partial charge >= 0.3 is 397 Å². The van der Waals surface area contributed by atoms with Gasteiger partial charge in [-0.3, -0.25) is 0 Å². The summed E-state index contributed by atoms with van der Waals surface area (Å²) in [7, 11) is 18.3. The average molecular weight is 1010 g/mol. The van der Waals surface area contributed by atoms with Gasteiger partial charge in [0.1, 0.15) is 0 Å². The van der Waals surface area contributed by atoms with Gasteiger partial charge < -0.3 is 0 Å². The summed E-state index contributed by atoms with van der Waals surface area (Å²) in [5.74, 6) is -1.58. The van der Waals surface area contributed by atoms with E-state index in [4.69, 9.17) is 0 Å². The van der Waals surface area contributed by atoms with E-state index in [1.54, 1.807) is 0 Å². The molecule has 3 atom stereocenters. The van der Waals surface area contributed by atoms with E-state index in [-0.39, 0.29) is 13.3 Å². The minimum absolute atomic E-state index is 0.0571. The Bertz CT molecular complexity index is 2600. The third-order valence-corrected chi connectivity index (χ3v) is 66.5. The molecule has 0 bridgehead atoms. The Morgan fingerprint density at radius 2 is 0.938 bits per heavy atom. The predicted octanol–water partition coefficient (Wildman–Crippen LogP) is 18.9. The summed E-state index contributed by atoms with van der Waals surface area (Å²) in [6.45, 7) is 2.17. The van der Waals surface area contributed by atoms with Crippen molar-refractivity contribution in [3.8, 4) is 22.3 Å². The predicted molar refractivity (Wildman–Crippen MR) is 272 cm³/mol. The van der Waals surface area contributed by atoms with Crippen molar-refractivity contribution in [2.24, 2.45) is 11.8 Å². The molecular weight excluding hydrogens is 944 g/mol. The van der Waals surface area contributed by atoms with Gasteiger partial charge in [0.25, 0.3) is 0 Å². The van der Waals surface area contributed by atoms with Crippen LogP contribution in [0, 0.1) is 11.8 Å². The van der Waals surface area contributed by atoms with Crippen molar-refractivity contribution >= 4 is 56.6 Å². The van der Waals surface area contributed by atoms with E-state index in [1.165, 1.54) is 121 Å². The molecule has 337 valence electrons. The van der Waals surface area contributed by atoms with Crippen LogP contribution in [0.3, 0.4) is 0 Å². The average Bonchev–Trinajstić information content (AvgIpc) is 3.62. The molecule has 0 N–H and O–H groups in total. The Labute approximate surface area is 393 Å². The van der Waals surface area contributed by atoms with Crippen LogP contribution in [0.25, 0.3) is 56.0 Å². The molecule has 0 nitrogen and oxygen atoms in total. The van der Waals surface area contributed by atoms with E-state index in [0.717, 1.165) is 46.2 Å². The van der Waals surface area contributed by atoms with Crippen LogP contribution < -0.4 is 0 Å². The van der Waals surface area contributed by atoms with Gasteiger partial charge in [-0.05, 0) is 0 Å². The molecule has 7 heteroatoms. The van der Waals surface area contributed by atoms with Crippen LogP contribution in [-0.4, -0.2) is 12.1 Å². The van der Waals surface area contributed by atoms with Gasteiger partial charge in [0.2, 0.25) is 0 Å². The van der Waals surface area contributed by atoms with Gasteiger partial charge in [-0.25, -0.2) is 0 Å². The molecule has 0 saturated heterocycles.